The van der Waals surface area contributed by atoms with E-state index in [1.54, 1.807) is 14.2 Å². The van der Waals surface area contributed by atoms with Gasteiger partial charge in [0, 0.05) is 0 Å². The molecule has 5 nitrogen and oxygen atoms in total. The summed E-state index contributed by atoms with van der Waals surface area (Å²) in [5, 5.41) is 0. The van der Waals surface area contributed by atoms with Crippen molar-refractivity contribution >= 4 is 5.97 Å². The molecule has 1 atom stereocenters. The Morgan fingerprint density at radius 3 is 1.89 bits per heavy atom. The number of hydrogen-bond donors (Lipinski definition) is 0. The van der Waals surface area contributed by atoms with Gasteiger partial charge in [-0.05, 0) is 41.8 Å². The van der Waals surface area contributed by atoms with E-state index >= 15 is 0 Å². The van der Waals surface area contributed by atoms with Crippen molar-refractivity contribution in [3.8, 4) is 11.5 Å². The number of methoxy groups -OCH3 is 2. The third kappa shape index (κ3) is 3.93. The van der Waals surface area contributed by atoms with Crippen LogP contribution in [0.15, 0.2) is 48.5 Å². The first-order valence-electron chi connectivity index (χ1n) is 9.29. The molecule has 0 saturated carbocycles. The Labute approximate surface area is 160 Å². The van der Waals surface area contributed by atoms with E-state index in [2.05, 4.69) is 6.92 Å². The predicted octanol–water partition coefficient (Wildman–Crippen LogP) is 4.08. The van der Waals surface area contributed by atoms with Gasteiger partial charge in [0.2, 0.25) is 0 Å². The van der Waals surface area contributed by atoms with Gasteiger partial charge in [-0.2, -0.15) is 0 Å². The molecule has 1 aliphatic heterocycles. The summed E-state index contributed by atoms with van der Waals surface area (Å²) in [6.45, 7) is 2.54. The third-order valence-corrected chi connectivity index (χ3v) is 4.86. The van der Waals surface area contributed by atoms with Gasteiger partial charge < -0.3 is 18.9 Å². The molecule has 1 unspecified atom stereocenters. The molecule has 3 rings (SSSR count). The molecule has 0 spiro atoms. The number of rotatable bonds is 9. The van der Waals surface area contributed by atoms with Crippen LogP contribution >= 0.6 is 0 Å². The van der Waals surface area contributed by atoms with Crippen molar-refractivity contribution in [1.82, 2.24) is 0 Å². The molecule has 0 bridgehead atoms. The fraction of sp³-hybridized carbons (Fsp3) is 0.409. The van der Waals surface area contributed by atoms with Crippen LogP contribution in [0.2, 0.25) is 0 Å². The van der Waals surface area contributed by atoms with E-state index in [4.69, 9.17) is 18.9 Å². The Morgan fingerprint density at radius 1 is 0.926 bits per heavy atom. The van der Waals surface area contributed by atoms with Crippen LogP contribution in [-0.4, -0.2) is 32.9 Å². The van der Waals surface area contributed by atoms with Crippen molar-refractivity contribution in [2.75, 3.05) is 20.8 Å². The maximum absolute atomic E-state index is 12.6. The Kier molecular flexibility index (Phi) is 6.01. The quantitative estimate of drug-likeness (QED) is 0.378. The molecular formula is C22H26O5. The molecule has 0 N–H and O–H groups in total. The molecule has 2 aromatic carbocycles. The van der Waals surface area contributed by atoms with E-state index in [1.165, 1.54) is 0 Å². The fourth-order valence-corrected chi connectivity index (χ4v) is 3.25. The summed E-state index contributed by atoms with van der Waals surface area (Å²) < 4.78 is 21.9. The van der Waals surface area contributed by atoms with Crippen molar-refractivity contribution in [3.05, 3.63) is 59.7 Å². The molecule has 1 aliphatic rings. The minimum Gasteiger partial charge on any atom is -0.497 e. The van der Waals surface area contributed by atoms with E-state index in [0.29, 0.717) is 6.61 Å². The molecule has 0 aromatic heterocycles. The smallest absolute Gasteiger partial charge is 0.339 e. The van der Waals surface area contributed by atoms with Crippen LogP contribution < -0.4 is 9.47 Å². The maximum Gasteiger partial charge on any atom is 0.339 e. The predicted molar refractivity (Wildman–Crippen MR) is 102 cm³/mol. The van der Waals surface area contributed by atoms with E-state index < -0.39 is 11.7 Å². The number of carbonyl (C=O) groups is 1. The Bertz CT molecular complexity index is 704. The van der Waals surface area contributed by atoms with Crippen LogP contribution in [0.3, 0.4) is 0 Å². The van der Waals surface area contributed by atoms with Gasteiger partial charge in [-0.1, -0.05) is 44.0 Å². The van der Waals surface area contributed by atoms with Crippen molar-refractivity contribution < 1.29 is 23.7 Å². The first kappa shape index (κ1) is 19.2. The molecule has 0 radical (unpaired) electrons. The van der Waals surface area contributed by atoms with Crippen LogP contribution in [0.25, 0.3) is 0 Å². The molecule has 1 heterocycles. The van der Waals surface area contributed by atoms with E-state index in [0.717, 1.165) is 41.9 Å². The lowest BCUT2D eigenvalue weighted by atomic mass is 9.87. The molecule has 5 heteroatoms. The second-order valence-electron chi connectivity index (χ2n) is 6.57. The maximum atomic E-state index is 12.6. The van der Waals surface area contributed by atoms with Crippen LogP contribution in [0.1, 0.15) is 37.3 Å². The van der Waals surface area contributed by atoms with Gasteiger partial charge in [-0.15, -0.1) is 0 Å². The highest BCUT2D eigenvalue weighted by Gasteiger charge is 2.64. The average Bonchev–Trinajstić information content (AvgIpc) is 3.48. The van der Waals surface area contributed by atoms with Crippen LogP contribution in [0.4, 0.5) is 0 Å². The first-order valence-corrected chi connectivity index (χ1v) is 9.29. The molecule has 2 aromatic rings. The second-order valence-corrected chi connectivity index (χ2v) is 6.57. The van der Waals surface area contributed by atoms with E-state index in [1.807, 2.05) is 48.5 Å². The van der Waals surface area contributed by atoms with Gasteiger partial charge in [0.25, 0.3) is 0 Å². The normalized spacial score (nSPS) is 17.2. The largest absolute Gasteiger partial charge is 0.497 e. The summed E-state index contributed by atoms with van der Waals surface area (Å²) >= 11 is 0. The molecule has 0 aliphatic carbocycles. The minimum atomic E-state index is -0.833. The number of benzene rings is 2. The SMILES string of the molecule is CCCCCOC(=O)C1OC1(c1ccc(OC)cc1)c1ccc(OC)cc1. The summed E-state index contributed by atoms with van der Waals surface area (Å²) in [5.41, 5.74) is 0.952. The summed E-state index contributed by atoms with van der Waals surface area (Å²) in [6.07, 6.45) is 2.34. The number of hydrogen-bond acceptors (Lipinski definition) is 5. The highest BCUT2D eigenvalue weighted by Crippen LogP contribution is 2.52. The van der Waals surface area contributed by atoms with Gasteiger partial charge in [0.05, 0.1) is 20.8 Å². The topological polar surface area (TPSA) is 57.3 Å². The van der Waals surface area contributed by atoms with Crippen LogP contribution in [0, 0.1) is 0 Å². The number of esters is 1. The monoisotopic (exact) mass is 370 g/mol. The van der Waals surface area contributed by atoms with Gasteiger partial charge in [0.15, 0.2) is 11.7 Å². The molecule has 27 heavy (non-hydrogen) atoms. The number of epoxide rings is 1. The van der Waals surface area contributed by atoms with E-state index in [-0.39, 0.29) is 5.97 Å². The van der Waals surface area contributed by atoms with Gasteiger partial charge in [-0.3, -0.25) is 0 Å². The third-order valence-electron chi connectivity index (χ3n) is 4.86. The van der Waals surface area contributed by atoms with E-state index in [9.17, 15) is 4.79 Å². The Hall–Kier alpha value is -2.53. The van der Waals surface area contributed by atoms with Crippen molar-refractivity contribution in [2.45, 2.75) is 37.9 Å². The number of ether oxygens (including phenoxy) is 4. The van der Waals surface area contributed by atoms with Crippen LogP contribution in [-0.2, 0) is 19.9 Å². The summed E-state index contributed by atoms with van der Waals surface area (Å²) in [6, 6.07) is 15.2. The highest BCUT2D eigenvalue weighted by molar-refractivity contribution is 5.81. The lowest BCUT2D eigenvalue weighted by molar-refractivity contribution is -0.145. The Morgan fingerprint density at radius 2 is 1.44 bits per heavy atom. The zero-order chi connectivity index (χ0) is 19.3. The molecule has 1 fully saturated rings. The second kappa shape index (κ2) is 8.44. The summed E-state index contributed by atoms with van der Waals surface area (Å²) in [7, 11) is 3.25. The molecule has 1 saturated heterocycles. The fourth-order valence-electron chi connectivity index (χ4n) is 3.25. The average molecular weight is 370 g/mol. The van der Waals surface area contributed by atoms with Gasteiger partial charge in [0.1, 0.15) is 11.5 Å². The lowest BCUT2D eigenvalue weighted by Crippen LogP contribution is -2.23. The minimum absolute atomic E-state index is 0.322. The first-order chi connectivity index (χ1) is 13.2. The lowest BCUT2D eigenvalue weighted by Gasteiger charge is -2.15. The number of unbranched alkanes of at least 4 members (excludes halogenated alkanes) is 2. The van der Waals surface area contributed by atoms with Crippen molar-refractivity contribution in [2.24, 2.45) is 0 Å². The zero-order valence-corrected chi connectivity index (χ0v) is 16.1. The highest BCUT2D eigenvalue weighted by atomic mass is 16.7. The van der Waals surface area contributed by atoms with Crippen molar-refractivity contribution in [1.29, 1.82) is 0 Å². The van der Waals surface area contributed by atoms with Crippen molar-refractivity contribution in [3.63, 3.8) is 0 Å². The molecular weight excluding hydrogens is 344 g/mol. The standard InChI is InChI=1S/C22H26O5/c1-4-5-6-15-26-21(23)20-22(27-20,16-7-11-18(24-2)12-8-16)17-9-13-19(25-3)14-10-17/h7-14,20H,4-6,15H2,1-3H3. The van der Waals surface area contributed by atoms with Gasteiger partial charge >= 0.3 is 5.97 Å². The van der Waals surface area contributed by atoms with Crippen LogP contribution in [0.5, 0.6) is 11.5 Å². The zero-order valence-electron chi connectivity index (χ0n) is 16.1. The molecule has 144 valence electrons. The summed E-state index contributed by atoms with van der Waals surface area (Å²) in [4.78, 5) is 12.6. The number of carbonyl (C=O) groups excluding carboxylic acids is 1. The Balaban J connectivity index is 1.85. The molecule has 0 amide bonds. The van der Waals surface area contributed by atoms with Gasteiger partial charge in [-0.25, -0.2) is 4.79 Å². The summed E-state index contributed by atoms with van der Waals surface area (Å²) in [5.74, 6) is 1.18.